The minimum Gasteiger partial charge on any atom is -0.444 e. The standard InChI is InChI=1S/C24H39N3O5/c1-7-17-12-16(13-18(28)11-15(3)25-23(30)31-24(4,5)6)9-10-20(17)26-22(29)21-14-19(8-2)32-27-21/h14-17,20H,7-13H2,1-6H3,(H,25,30)(H,26,29)/t15-,16-,17+,20-/m0/s1. The first-order valence-corrected chi connectivity index (χ1v) is 11.8. The Morgan fingerprint density at radius 2 is 1.97 bits per heavy atom. The van der Waals surface area contributed by atoms with Crippen molar-refractivity contribution in [2.75, 3.05) is 0 Å². The van der Waals surface area contributed by atoms with E-state index in [1.807, 2.05) is 13.8 Å². The minimum atomic E-state index is -0.566. The summed E-state index contributed by atoms with van der Waals surface area (Å²) in [4.78, 5) is 37.0. The molecule has 32 heavy (non-hydrogen) atoms. The second-order valence-corrected chi connectivity index (χ2v) is 9.95. The molecule has 1 fully saturated rings. The predicted molar refractivity (Wildman–Crippen MR) is 121 cm³/mol. The van der Waals surface area contributed by atoms with Crippen LogP contribution in [-0.2, 0) is 16.0 Å². The molecule has 0 bridgehead atoms. The Bertz CT molecular complexity index is 783. The van der Waals surface area contributed by atoms with Crippen molar-refractivity contribution in [2.24, 2.45) is 11.8 Å². The van der Waals surface area contributed by atoms with Crippen LogP contribution in [0.5, 0.6) is 0 Å². The van der Waals surface area contributed by atoms with E-state index in [4.69, 9.17) is 9.26 Å². The van der Waals surface area contributed by atoms with Crippen LogP contribution in [0.2, 0.25) is 0 Å². The van der Waals surface area contributed by atoms with Crippen molar-refractivity contribution in [2.45, 2.75) is 104 Å². The van der Waals surface area contributed by atoms with Crippen molar-refractivity contribution in [1.82, 2.24) is 15.8 Å². The molecule has 1 saturated carbocycles. The number of hydrogen-bond donors (Lipinski definition) is 2. The van der Waals surface area contributed by atoms with Gasteiger partial charge in [-0.05, 0) is 58.8 Å². The van der Waals surface area contributed by atoms with E-state index in [1.165, 1.54) is 0 Å². The first-order chi connectivity index (χ1) is 15.0. The van der Waals surface area contributed by atoms with E-state index in [0.29, 0.717) is 42.6 Å². The van der Waals surface area contributed by atoms with Gasteiger partial charge >= 0.3 is 6.09 Å². The Morgan fingerprint density at radius 3 is 2.56 bits per heavy atom. The highest BCUT2D eigenvalue weighted by Crippen LogP contribution is 2.34. The van der Waals surface area contributed by atoms with Gasteiger partial charge in [-0.15, -0.1) is 0 Å². The molecule has 0 aromatic carbocycles. The van der Waals surface area contributed by atoms with Crippen LogP contribution >= 0.6 is 0 Å². The molecule has 1 aliphatic carbocycles. The maximum Gasteiger partial charge on any atom is 0.407 e. The average molecular weight is 450 g/mol. The number of rotatable bonds is 9. The second-order valence-electron chi connectivity index (χ2n) is 9.95. The van der Waals surface area contributed by atoms with E-state index in [-0.39, 0.29) is 23.8 Å². The lowest BCUT2D eigenvalue weighted by molar-refractivity contribution is -0.120. The normalized spacial score (nSPS) is 22.1. The number of nitrogens with one attached hydrogen (secondary N) is 2. The molecule has 0 aliphatic heterocycles. The number of alkyl carbamates (subject to hydrolysis) is 1. The number of Topliss-reactive ketones (excluding diaryl/α,β-unsaturated/α-hetero) is 1. The van der Waals surface area contributed by atoms with Crippen LogP contribution in [0.4, 0.5) is 4.79 Å². The Hall–Kier alpha value is -2.38. The molecule has 8 heteroatoms. The van der Waals surface area contributed by atoms with Crippen LogP contribution < -0.4 is 10.6 Å². The third-order valence-corrected chi connectivity index (χ3v) is 5.89. The quantitative estimate of drug-likeness (QED) is 0.577. The SMILES string of the molecule is CCc1cc(C(=O)N[C@H]2CC[C@H](CC(=O)C[C@H](C)NC(=O)OC(C)(C)C)C[C@H]2CC)no1. The first-order valence-electron chi connectivity index (χ1n) is 11.8. The molecule has 2 amide bonds. The molecule has 1 aliphatic rings. The van der Waals surface area contributed by atoms with Crippen molar-refractivity contribution in [1.29, 1.82) is 0 Å². The van der Waals surface area contributed by atoms with Crippen LogP contribution in [-0.4, -0.2) is 40.6 Å². The fourth-order valence-corrected chi connectivity index (χ4v) is 4.32. The van der Waals surface area contributed by atoms with Crippen molar-refractivity contribution in [3.63, 3.8) is 0 Å². The Balaban J connectivity index is 1.80. The number of aryl methyl sites for hydroxylation is 1. The molecule has 2 N–H and O–H groups in total. The molecule has 0 unspecified atom stereocenters. The number of hydrogen-bond acceptors (Lipinski definition) is 6. The van der Waals surface area contributed by atoms with Gasteiger partial charge in [-0.2, -0.15) is 0 Å². The van der Waals surface area contributed by atoms with Crippen molar-refractivity contribution < 1.29 is 23.6 Å². The summed E-state index contributed by atoms with van der Waals surface area (Å²) in [6, 6.07) is 1.49. The molecule has 1 aromatic heterocycles. The molecule has 0 saturated heterocycles. The maximum absolute atomic E-state index is 12.6. The van der Waals surface area contributed by atoms with Gasteiger partial charge in [0.2, 0.25) is 0 Å². The maximum atomic E-state index is 12.6. The Kier molecular flexibility index (Phi) is 9.28. The number of ketones is 1. The lowest BCUT2D eigenvalue weighted by atomic mass is 9.74. The van der Waals surface area contributed by atoms with Crippen LogP contribution in [0.1, 0.15) is 96.3 Å². The van der Waals surface area contributed by atoms with Gasteiger partial charge in [0.25, 0.3) is 5.91 Å². The number of nitrogens with zero attached hydrogens (tertiary/aromatic N) is 1. The fraction of sp³-hybridized carbons (Fsp3) is 0.750. The highest BCUT2D eigenvalue weighted by atomic mass is 16.6. The van der Waals surface area contributed by atoms with Crippen molar-refractivity contribution >= 4 is 17.8 Å². The number of aromatic nitrogens is 1. The smallest absolute Gasteiger partial charge is 0.407 e. The van der Waals surface area contributed by atoms with Crippen LogP contribution in [0, 0.1) is 11.8 Å². The average Bonchev–Trinajstić information content (AvgIpc) is 3.16. The minimum absolute atomic E-state index is 0.0772. The topological polar surface area (TPSA) is 111 Å². The number of carbonyl (C=O) groups excluding carboxylic acids is 3. The van der Waals surface area contributed by atoms with Gasteiger partial charge in [0, 0.05) is 37.4 Å². The molecule has 2 rings (SSSR count). The summed E-state index contributed by atoms with van der Waals surface area (Å²) in [6.45, 7) is 11.3. The van der Waals surface area contributed by atoms with Crippen LogP contribution in [0.3, 0.4) is 0 Å². The summed E-state index contributed by atoms with van der Waals surface area (Å²) in [5.74, 6) is 1.26. The first kappa shape index (κ1) is 25.9. The summed E-state index contributed by atoms with van der Waals surface area (Å²) in [6.07, 6.45) is 4.55. The fourth-order valence-electron chi connectivity index (χ4n) is 4.32. The van der Waals surface area contributed by atoms with E-state index in [1.54, 1.807) is 26.8 Å². The Morgan fingerprint density at radius 1 is 1.25 bits per heavy atom. The molecular formula is C24H39N3O5. The molecule has 0 radical (unpaired) electrons. The highest BCUT2D eigenvalue weighted by molar-refractivity contribution is 5.92. The van der Waals surface area contributed by atoms with E-state index in [2.05, 4.69) is 22.7 Å². The summed E-state index contributed by atoms with van der Waals surface area (Å²) in [5.41, 5.74) is -0.247. The van der Waals surface area contributed by atoms with Gasteiger partial charge < -0.3 is 19.9 Å². The third-order valence-electron chi connectivity index (χ3n) is 5.89. The molecule has 1 aromatic rings. The van der Waals surface area contributed by atoms with Crippen molar-refractivity contribution in [3.8, 4) is 0 Å². The van der Waals surface area contributed by atoms with Crippen LogP contribution in [0.15, 0.2) is 10.6 Å². The van der Waals surface area contributed by atoms with Gasteiger partial charge in [0.15, 0.2) is 5.69 Å². The number of carbonyl (C=O) groups is 3. The lowest BCUT2D eigenvalue weighted by Crippen LogP contribution is -2.44. The molecule has 1 heterocycles. The zero-order chi connectivity index (χ0) is 23.9. The molecule has 4 atom stereocenters. The molecular weight excluding hydrogens is 410 g/mol. The van der Waals surface area contributed by atoms with Gasteiger partial charge in [-0.25, -0.2) is 4.79 Å². The largest absolute Gasteiger partial charge is 0.444 e. The second kappa shape index (κ2) is 11.5. The summed E-state index contributed by atoms with van der Waals surface area (Å²) in [7, 11) is 0. The van der Waals surface area contributed by atoms with E-state index < -0.39 is 11.7 Å². The monoisotopic (exact) mass is 449 g/mol. The van der Waals surface area contributed by atoms with Gasteiger partial charge in [-0.1, -0.05) is 25.4 Å². The summed E-state index contributed by atoms with van der Waals surface area (Å²) < 4.78 is 10.4. The van der Waals surface area contributed by atoms with Crippen LogP contribution in [0.25, 0.3) is 0 Å². The molecule has 180 valence electrons. The van der Waals surface area contributed by atoms with Gasteiger partial charge in [0.05, 0.1) is 0 Å². The van der Waals surface area contributed by atoms with E-state index in [0.717, 1.165) is 25.7 Å². The number of amides is 2. The van der Waals surface area contributed by atoms with Gasteiger partial charge in [0.1, 0.15) is 17.1 Å². The van der Waals surface area contributed by atoms with E-state index in [9.17, 15) is 14.4 Å². The zero-order valence-corrected chi connectivity index (χ0v) is 20.3. The number of ether oxygens (including phenoxy) is 1. The Labute approximate surface area is 191 Å². The highest BCUT2D eigenvalue weighted by Gasteiger charge is 2.32. The zero-order valence-electron chi connectivity index (χ0n) is 20.3. The molecule has 0 spiro atoms. The van der Waals surface area contributed by atoms with Gasteiger partial charge in [-0.3, -0.25) is 9.59 Å². The summed E-state index contributed by atoms with van der Waals surface area (Å²) >= 11 is 0. The van der Waals surface area contributed by atoms with Crippen molar-refractivity contribution in [3.05, 3.63) is 17.5 Å². The van der Waals surface area contributed by atoms with E-state index >= 15 is 0 Å². The third kappa shape index (κ3) is 8.28. The molecule has 8 nitrogen and oxygen atoms in total. The predicted octanol–water partition coefficient (Wildman–Crippen LogP) is 4.42. The lowest BCUT2D eigenvalue weighted by Gasteiger charge is -2.36. The summed E-state index contributed by atoms with van der Waals surface area (Å²) in [5, 5.41) is 9.70.